The molecule has 0 aromatic carbocycles. The van der Waals surface area contributed by atoms with Crippen LogP contribution in [0.25, 0.3) is 5.52 Å². The number of hydrogen-bond acceptors (Lipinski definition) is 4. The Morgan fingerprint density at radius 2 is 2.00 bits per heavy atom. The first-order valence-electron chi connectivity index (χ1n) is 8.29. The van der Waals surface area contributed by atoms with Crippen molar-refractivity contribution < 1.29 is 4.79 Å². The summed E-state index contributed by atoms with van der Waals surface area (Å²) in [6.45, 7) is 5.21. The zero-order valence-corrected chi connectivity index (χ0v) is 15.7. The first-order valence-corrected chi connectivity index (χ1v) is 9.37. The van der Waals surface area contributed by atoms with Crippen LogP contribution in [0.1, 0.15) is 31.5 Å². The molecule has 7 nitrogen and oxygen atoms in total. The number of nitrogens with one attached hydrogen (secondary N) is 1. The van der Waals surface area contributed by atoms with E-state index in [0.717, 1.165) is 48.5 Å². The van der Waals surface area contributed by atoms with Crippen molar-refractivity contribution in [3.63, 3.8) is 0 Å². The molecule has 2 aromatic rings. The van der Waals surface area contributed by atoms with Crippen molar-refractivity contribution in [1.82, 2.24) is 24.2 Å². The van der Waals surface area contributed by atoms with Crippen LogP contribution in [0.4, 0.5) is 0 Å². The predicted molar refractivity (Wildman–Crippen MR) is 98.1 cm³/mol. The van der Waals surface area contributed by atoms with Crippen molar-refractivity contribution >= 4 is 34.0 Å². The van der Waals surface area contributed by atoms with Crippen molar-refractivity contribution in [3.05, 3.63) is 32.3 Å². The number of carbonyl (C=O) groups is 1. The molecule has 1 amide bonds. The Labute approximate surface area is 153 Å². The second kappa shape index (κ2) is 6.14. The van der Waals surface area contributed by atoms with E-state index in [0.29, 0.717) is 17.5 Å². The highest BCUT2D eigenvalue weighted by atomic mass is 127. The topological polar surface area (TPSA) is 73.7 Å². The number of imidazole rings is 1. The molecule has 0 radical (unpaired) electrons. The molecular formula is C16H20IN5O2. The van der Waals surface area contributed by atoms with Gasteiger partial charge in [-0.05, 0) is 35.4 Å². The average Bonchev–Trinajstić information content (AvgIpc) is 2.85. The van der Waals surface area contributed by atoms with Crippen LogP contribution in [0.5, 0.6) is 0 Å². The van der Waals surface area contributed by atoms with Crippen LogP contribution < -0.4 is 5.56 Å². The fourth-order valence-electron chi connectivity index (χ4n) is 3.82. The van der Waals surface area contributed by atoms with Crippen molar-refractivity contribution in [1.29, 1.82) is 0 Å². The molecule has 24 heavy (non-hydrogen) atoms. The fraction of sp³-hybridized carbons (Fsp3) is 0.562. The Morgan fingerprint density at radius 1 is 1.29 bits per heavy atom. The van der Waals surface area contributed by atoms with E-state index in [-0.39, 0.29) is 11.5 Å². The zero-order chi connectivity index (χ0) is 16.8. The molecule has 0 unspecified atom stereocenters. The maximum atomic E-state index is 12.0. The summed E-state index contributed by atoms with van der Waals surface area (Å²) in [5.74, 6) is 1.57. The van der Waals surface area contributed by atoms with Crippen LogP contribution in [-0.4, -0.2) is 62.3 Å². The number of H-pyrrole nitrogens is 1. The van der Waals surface area contributed by atoms with Crippen LogP contribution in [-0.2, 0) is 4.79 Å². The van der Waals surface area contributed by atoms with Gasteiger partial charge in [-0.3, -0.25) is 18.9 Å². The molecule has 1 saturated carbocycles. The molecule has 0 spiro atoms. The Bertz CT molecular complexity index is 831. The van der Waals surface area contributed by atoms with Gasteiger partial charge in [-0.25, -0.2) is 4.98 Å². The average molecular weight is 441 g/mol. The Hall–Kier alpha value is -1.42. The number of halogens is 1. The quantitative estimate of drug-likeness (QED) is 0.708. The largest absolute Gasteiger partial charge is 0.340 e. The highest BCUT2D eigenvalue weighted by molar-refractivity contribution is 14.1. The summed E-state index contributed by atoms with van der Waals surface area (Å²) in [6.07, 6.45) is 5.71. The van der Waals surface area contributed by atoms with Gasteiger partial charge in [0.2, 0.25) is 5.91 Å². The Morgan fingerprint density at radius 3 is 2.67 bits per heavy atom. The number of aromatic nitrogens is 3. The van der Waals surface area contributed by atoms with E-state index >= 15 is 0 Å². The highest BCUT2D eigenvalue weighted by Gasteiger charge is 2.38. The lowest BCUT2D eigenvalue weighted by Gasteiger charge is -2.46. The molecular weight excluding hydrogens is 421 g/mol. The lowest BCUT2D eigenvalue weighted by Crippen LogP contribution is -2.54. The van der Waals surface area contributed by atoms with E-state index in [1.165, 1.54) is 0 Å². The number of rotatable bonds is 2. The molecule has 8 heteroatoms. The lowest BCUT2D eigenvalue weighted by molar-refractivity contribution is -0.131. The minimum Gasteiger partial charge on any atom is -0.340 e. The van der Waals surface area contributed by atoms with E-state index in [4.69, 9.17) is 0 Å². The number of nitrogens with zero attached hydrogens (tertiary/aromatic N) is 4. The van der Waals surface area contributed by atoms with Gasteiger partial charge >= 0.3 is 0 Å². The molecule has 0 bridgehead atoms. The number of carbonyl (C=O) groups excluding carboxylic acids is 1. The van der Waals surface area contributed by atoms with Crippen molar-refractivity contribution in [2.24, 2.45) is 0 Å². The summed E-state index contributed by atoms with van der Waals surface area (Å²) in [4.78, 5) is 35.2. The molecule has 0 atom stereocenters. The third kappa shape index (κ3) is 2.65. The normalized spacial score (nSPS) is 25.0. The Balaban J connectivity index is 1.44. The number of piperazine rings is 1. The van der Waals surface area contributed by atoms with Gasteiger partial charge in [0.1, 0.15) is 15.0 Å². The molecule has 2 aromatic heterocycles. The van der Waals surface area contributed by atoms with Gasteiger partial charge in [0.05, 0.1) is 0 Å². The maximum Gasteiger partial charge on any atom is 0.275 e. The summed E-state index contributed by atoms with van der Waals surface area (Å²) in [5.41, 5.74) is 0.559. The predicted octanol–water partition coefficient (Wildman–Crippen LogP) is 1.04. The van der Waals surface area contributed by atoms with Crippen LogP contribution in [0.15, 0.2) is 17.2 Å². The van der Waals surface area contributed by atoms with Gasteiger partial charge in [0.15, 0.2) is 0 Å². The zero-order valence-electron chi connectivity index (χ0n) is 13.5. The molecule has 4 rings (SSSR count). The number of fused-ring (bicyclic) bond motifs is 1. The fourth-order valence-corrected chi connectivity index (χ4v) is 4.57. The Kier molecular flexibility index (Phi) is 4.11. The second-order valence-electron chi connectivity index (χ2n) is 6.63. The summed E-state index contributed by atoms with van der Waals surface area (Å²) >= 11 is 2.14. The molecule has 1 aliphatic heterocycles. The van der Waals surface area contributed by atoms with E-state index < -0.39 is 0 Å². The third-order valence-electron chi connectivity index (χ3n) is 5.30. The first-order chi connectivity index (χ1) is 11.5. The van der Waals surface area contributed by atoms with Crippen LogP contribution in [0.3, 0.4) is 0 Å². The van der Waals surface area contributed by atoms with Crippen molar-refractivity contribution in [2.75, 3.05) is 26.2 Å². The third-order valence-corrected chi connectivity index (χ3v) is 6.06. The molecule has 1 N–H and O–H groups in total. The van der Waals surface area contributed by atoms with Crippen LogP contribution in [0, 0.1) is 3.70 Å². The van der Waals surface area contributed by atoms with E-state index in [1.54, 1.807) is 13.1 Å². The van der Waals surface area contributed by atoms with Gasteiger partial charge in [-0.15, -0.1) is 0 Å². The van der Waals surface area contributed by atoms with Gasteiger partial charge in [0.25, 0.3) is 5.56 Å². The molecule has 1 aliphatic carbocycles. The smallest absolute Gasteiger partial charge is 0.275 e. The summed E-state index contributed by atoms with van der Waals surface area (Å²) in [5, 5.41) is 0. The van der Waals surface area contributed by atoms with Crippen LogP contribution in [0.2, 0.25) is 0 Å². The van der Waals surface area contributed by atoms with E-state index in [1.807, 2.05) is 15.5 Å². The van der Waals surface area contributed by atoms with E-state index in [9.17, 15) is 9.59 Å². The maximum absolute atomic E-state index is 12.0. The van der Waals surface area contributed by atoms with Gasteiger partial charge in [-0.2, -0.15) is 0 Å². The standard InChI is InChI=1S/C16H20IN5O2/c1-10(23)20-4-6-21(7-5-20)12-8-11(9-12)15-19-14(17)13-16(24)18-2-3-22(13)15/h2-3,11-12H,4-9H2,1H3,(H,18,24). The molecule has 128 valence electrons. The molecule has 3 heterocycles. The number of aromatic amines is 1. The number of hydrogen-bond donors (Lipinski definition) is 1. The van der Waals surface area contributed by atoms with Gasteiger partial charge < -0.3 is 9.88 Å². The lowest BCUT2D eigenvalue weighted by atomic mass is 9.78. The van der Waals surface area contributed by atoms with Crippen molar-refractivity contribution in [3.8, 4) is 0 Å². The second-order valence-corrected chi connectivity index (χ2v) is 7.65. The number of amides is 1. The summed E-state index contributed by atoms with van der Waals surface area (Å²) < 4.78 is 2.71. The summed E-state index contributed by atoms with van der Waals surface area (Å²) in [6, 6.07) is 0.566. The first kappa shape index (κ1) is 16.1. The van der Waals surface area contributed by atoms with Crippen LogP contribution >= 0.6 is 22.6 Å². The minimum atomic E-state index is -0.0862. The molecule has 2 aliphatic rings. The van der Waals surface area contributed by atoms with Gasteiger partial charge in [-0.1, -0.05) is 0 Å². The van der Waals surface area contributed by atoms with Gasteiger partial charge in [0, 0.05) is 57.5 Å². The van der Waals surface area contributed by atoms with E-state index in [2.05, 4.69) is 37.5 Å². The van der Waals surface area contributed by atoms with Crippen molar-refractivity contribution in [2.45, 2.75) is 31.7 Å². The molecule has 2 fully saturated rings. The molecule has 1 saturated heterocycles. The monoisotopic (exact) mass is 441 g/mol. The minimum absolute atomic E-state index is 0.0862. The highest BCUT2D eigenvalue weighted by Crippen LogP contribution is 2.40. The SMILES string of the molecule is CC(=O)N1CCN(C2CC(c3nc(I)c4c(=O)[nH]ccn34)C2)CC1. The summed E-state index contributed by atoms with van der Waals surface area (Å²) in [7, 11) is 0.